The lowest BCUT2D eigenvalue weighted by Gasteiger charge is -1.99. The smallest absolute Gasteiger partial charge is 0.268 e. The Balaban J connectivity index is 2.04. The van der Waals surface area contributed by atoms with Crippen molar-refractivity contribution in [3.05, 3.63) is 62.0 Å². The van der Waals surface area contributed by atoms with E-state index in [1.807, 2.05) is 0 Å². The zero-order chi connectivity index (χ0) is 14.5. The number of nitrogens with zero attached hydrogens (tertiary/aromatic N) is 2. The largest absolute Gasteiger partial charge is 0.291 e. The van der Waals surface area contributed by atoms with Crippen molar-refractivity contribution in [1.29, 1.82) is 0 Å². The van der Waals surface area contributed by atoms with Crippen LogP contribution in [0.3, 0.4) is 0 Å². The summed E-state index contributed by atoms with van der Waals surface area (Å²) in [6.07, 6.45) is 1.38. The molecule has 2 rings (SSSR count). The minimum atomic E-state index is -0.553. The van der Waals surface area contributed by atoms with Crippen LogP contribution in [0.25, 0.3) is 0 Å². The van der Waals surface area contributed by atoms with Gasteiger partial charge in [0.25, 0.3) is 11.5 Å². The Labute approximate surface area is 123 Å². The molecular weight excluding hydrogens is 303 g/mol. The van der Waals surface area contributed by atoms with E-state index in [1.54, 1.807) is 18.2 Å². The topological polar surface area (TPSA) is 87.2 Å². The lowest BCUT2D eigenvalue weighted by Crippen LogP contribution is -2.21. The molecule has 6 nitrogen and oxygen atoms in total. The first kappa shape index (κ1) is 14.2. The summed E-state index contributed by atoms with van der Waals surface area (Å²) in [5, 5.41) is 10.4. The zero-order valence-corrected chi connectivity index (χ0v) is 11.4. The summed E-state index contributed by atoms with van der Waals surface area (Å²) in [5.41, 5.74) is 2.52. The summed E-state index contributed by atoms with van der Waals surface area (Å²) in [4.78, 5) is 22.4. The highest BCUT2D eigenvalue weighted by atomic mass is 35.5. The molecule has 102 valence electrons. The maximum atomic E-state index is 11.6. The molecule has 1 amide bonds. The highest BCUT2D eigenvalue weighted by Gasteiger charge is 2.05. The third kappa shape index (κ3) is 3.66. The number of amides is 1. The van der Waals surface area contributed by atoms with E-state index in [4.69, 9.17) is 23.2 Å². The molecule has 2 N–H and O–H groups in total. The fourth-order valence-corrected chi connectivity index (χ4v) is 1.75. The Hall–Kier alpha value is -2.18. The second kappa shape index (κ2) is 6.31. The van der Waals surface area contributed by atoms with Crippen LogP contribution in [-0.2, 0) is 0 Å². The molecule has 0 unspecified atom stereocenters. The van der Waals surface area contributed by atoms with E-state index >= 15 is 0 Å². The number of carbonyl (C=O) groups excluding carboxylic acids is 1. The summed E-state index contributed by atoms with van der Waals surface area (Å²) in [7, 11) is 0. The van der Waals surface area contributed by atoms with Crippen LogP contribution in [0, 0.1) is 0 Å². The lowest BCUT2D eigenvalue weighted by molar-refractivity contribution is 0.0949. The summed E-state index contributed by atoms with van der Waals surface area (Å²) < 4.78 is 0. The van der Waals surface area contributed by atoms with Crippen molar-refractivity contribution in [2.75, 3.05) is 0 Å². The molecule has 8 heteroatoms. The van der Waals surface area contributed by atoms with Crippen LogP contribution in [0.15, 0.2) is 40.2 Å². The molecule has 1 aromatic carbocycles. The summed E-state index contributed by atoms with van der Waals surface area (Å²) in [6, 6.07) is 7.37. The zero-order valence-electron chi connectivity index (χ0n) is 9.93. The number of aromatic amines is 1. The Morgan fingerprint density at radius 2 is 2.10 bits per heavy atom. The van der Waals surface area contributed by atoms with Crippen molar-refractivity contribution >= 4 is 35.3 Å². The molecule has 0 spiro atoms. The van der Waals surface area contributed by atoms with Gasteiger partial charge in [-0.2, -0.15) is 10.2 Å². The molecule has 0 aliphatic carbocycles. The van der Waals surface area contributed by atoms with E-state index < -0.39 is 11.5 Å². The molecular formula is C12H8Cl2N4O2. The van der Waals surface area contributed by atoms with Gasteiger partial charge in [0, 0.05) is 16.7 Å². The second-order valence-electron chi connectivity index (χ2n) is 3.67. The predicted molar refractivity (Wildman–Crippen MR) is 76.4 cm³/mol. The van der Waals surface area contributed by atoms with E-state index in [2.05, 4.69) is 20.7 Å². The van der Waals surface area contributed by atoms with Crippen molar-refractivity contribution in [3.63, 3.8) is 0 Å². The van der Waals surface area contributed by atoms with Crippen molar-refractivity contribution in [3.8, 4) is 0 Å². The minimum Gasteiger partial charge on any atom is -0.268 e. The van der Waals surface area contributed by atoms with Gasteiger partial charge in [-0.1, -0.05) is 29.3 Å². The second-order valence-corrected chi connectivity index (χ2v) is 4.52. The third-order valence-electron chi connectivity index (χ3n) is 2.24. The van der Waals surface area contributed by atoms with Crippen LogP contribution in [0.1, 0.15) is 16.1 Å². The summed E-state index contributed by atoms with van der Waals surface area (Å²) in [5.74, 6) is -0.553. The number of H-pyrrole nitrogens is 1. The average molecular weight is 311 g/mol. The van der Waals surface area contributed by atoms with Crippen molar-refractivity contribution in [1.82, 2.24) is 15.6 Å². The number of hydrogen-bond donors (Lipinski definition) is 2. The van der Waals surface area contributed by atoms with Crippen LogP contribution in [0.4, 0.5) is 0 Å². The molecule has 0 atom stereocenters. The molecule has 0 aliphatic rings. The molecule has 0 bridgehead atoms. The van der Waals surface area contributed by atoms with Crippen LogP contribution in [0.2, 0.25) is 10.0 Å². The molecule has 0 radical (unpaired) electrons. The van der Waals surface area contributed by atoms with Gasteiger partial charge in [-0.25, -0.2) is 10.5 Å². The number of nitrogens with one attached hydrogen (secondary N) is 2. The van der Waals surface area contributed by atoms with E-state index in [1.165, 1.54) is 18.3 Å². The van der Waals surface area contributed by atoms with Crippen LogP contribution < -0.4 is 11.0 Å². The number of rotatable bonds is 3. The standard InChI is InChI=1S/C12H8Cl2N4O2/c13-8-2-1-7(9(14)5-8)6-15-18-12(20)10-3-4-11(19)17-16-10/h1-6H,(H,17,19)(H,18,20)/b15-6+. The quantitative estimate of drug-likeness (QED) is 0.670. The number of halogens is 2. The fraction of sp³-hybridized carbons (Fsp3) is 0. The number of aromatic nitrogens is 2. The molecule has 20 heavy (non-hydrogen) atoms. The maximum absolute atomic E-state index is 11.6. The molecule has 0 fully saturated rings. The number of hydrazone groups is 1. The van der Waals surface area contributed by atoms with Gasteiger partial charge >= 0.3 is 0 Å². The van der Waals surface area contributed by atoms with Crippen molar-refractivity contribution < 1.29 is 4.79 Å². The van der Waals surface area contributed by atoms with Crippen LogP contribution in [0.5, 0.6) is 0 Å². The van der Waals surface area contributed by atoms with Gasteiger partial charge in [0.05, 0.1) is 11.2 Å². The van der Waals surface area contributed by atoms with Crippen LogP contribution >= 0.6 is 23.2 Å². The molecule has 0 aliphatic heterocycles. The Morgan fingerprint density at radius 3 is 2.75 bits per heavy atom. The monoisotopic (exact) mass is 310 g/mol. The SMILES string of the molecule is O=C(N/N=C/c1ccc(Cl)cc1Cl)c1ccc(=O)[nH]n1. The average Bonchev–Trinajstić information content (AvgIpc) is 2.42. The Kier molecular flexibility index (Phi) is 4.49. The maximum Gasteiger partial charge on any atom is 0.291 e. The van der Waals surface area contributed by atoms with E-state index in [9.17, 15) is 9.59 Å². The van der Waals surface area contributed by atoms with E-state index in [0.29, 0.717) is 15.6 Å². The molecule has 1 aromatic heterocycles. The van der Waals surface area contributed by atoms with Crippen molar-refractivity contribution in [2.45, 2.75) is 0 Å². The van der Waals surface area contributed by atoms with Gasteiger partial charge in [-0.05, 0) is 18.2 Å². The molecule has 0 saturated heterocycles. The van der Waals surface area contributed by atoms with Gasteiger partial charge in [0.1, 0.15) is 0 Å². The highest BCUT2D eigenvalue weighted by molar-refractivity contribution is 6.36. The van der Waals surface area contributed by atoms with E-state index in [0.717, 1.165) is 0 Å². The summed E-state index contributed by atoms with van der Waals surface area (Å²) >= 11 is 11.7. The number of carbonyl (C=O) groups is 1. The van der Waals surface area contributed by atoms with Gasteiger partial charge < -0.3 is 0 Å². The van der Waals surface area contributed by atoms with Gasteiger partial charge in [-0.15, -0.1) is 0 Å². The fourth-order valence-electron chi connectivity index (χ4n) is 1.29. The number of benzene rings is 1. The van der Waals surface area contributed by atoms with Gasteiger partial charge in [0.2, 0.25) is 0 Å². The normalized spacial score (nSPS) is 10.7. The van der Waals surface area contributed by atoms with Crippen LogP contribution in [-0.4, -0.2) is 22.3 Å². The third-order valence-corrected chi connectivity index (χ3v) is 2.81. The minimum absolute atomic E-state index is 0.0453. The van der Waals surface area contributed by atoms with E-state index in [-0.39, 0.29) is 5.69 Å². The van der Waals surface area contributed by atoms with Crippen molar-refractivity contribution in [2.24, 2.45) is 5.10 Å². The molecule has 2 aromatic rings. The van der Waals surface area contributed by atoms with Gasteiger partial charge in [-0.3, -0.25) is 9.59 Å². The molecule has 0 saturated carbocycles. The first-order valence-corrected chi connectivity index (χ1v) is 6.16. The number of hydrogen-bond acceptors (Lipinski definition) is 4. The highest BCUT2D eigenvalue weighted by Crippen LogP contribution is 2.19. The first-order chi connectivity index (χ1) is 9.56. The Morgan fingerprint density at radius 1 is 1.30 bits per heavy atom. The predicted octanol–water partition coefficient (Wildman–Crippen LogP) is 1.84. The molecule has 1 heterocycles. The first-order valence-electron chi connectivity index (χ1n) is 5.40. The Bertz CT molecular complexity index is 707. The summed E-state index contributed by atoms with van der Waals surface area (Å²) in [6.45, 7) is 0. The van der Waals surface area contributed by atoms with Gasteiger partial charge in [0.15, 0.2) is 5.69 Å². The lowest BCUT2D eigenvalue weighted by atomic mass is 10.2.